The molecule has 0 fully saturated rings. The van der Waals surface area contributed by atoms with E-state index in [9.17, 15) is 0 Å². The fourth-order valence-corrected chi connectivity index (χ4v) is 1.05. The molecule has 0 saturated heterocycles. The zero-order valence-corrected chi connectivity index (χ0v) is 7.13. The van der Waals surface area contributed by atoms with Crippen molar-refractivity contribution in [1.82, 2.24) is 9.97 Å². The predicted octanol–water partition coefficient (Wildman–Crippen LogP) is 1.49. The molecule has 1 rings (SSSR count). The number of anilines is 1. The van der Waals surface area contributed by atoms with Gasteiger partial charge in [0, 0.05) is 6.20 Å². The van der Waals surface area contributed by atoms with Crippen LogP contribution in [0.2, 0.25) is 0 Å². The number of aryl methyl sites for hydroxylation is 1. The zero-order chi connectivity index (χ0) is 8.43. The van der Waals surface area contributed by atoms with Crippen LogP contribution in [0, 0.1) is 6.92 Å². The highest BCUT2D eigenvalue weighted by Crippen LogP contribution is 2.15. The quantitative estimate of drug-likeness (QED) is 0.661. The lowest BCUT2D eigenvalue weighted by Crippen LogP contribution is -2.02. The molecule has 60 valence electrons. The SMILES string of the molecule is Cc1cnc(N)nc1C(C)C. The van der Waals surface area contributed by atoms with Crippen LogP contribution < -0.4 is 5.73 Å². The summed E-state index contributed by atoms with van der Waals surface area (Å²) in [5, 5.41) is 0. The van der Waals surface area contributed by atoms with Crippen molar-refractivity contribution in [3.05, 3.63) is 17.5 Å². The minimum atomic E-state index is 0.360. The first kappa shape index (κ1) is 7.98. The smallest absolute Gasteiger partial charge is 0.220 e. The molecule has 3 nitrogen and oxygen atoms in total. The maximum atomic E-state index is 5.44. The average molecular weight is 151 g/mol. The van der Waals surface area contributed by atoms with Gasteiger partial charge in [0.25, 0.3) is 0 Å². The molecule has 0 aliphatic heterocycles. The van der Waals surface area contributed by atoms with Gasteiger partial charge in [-0.25, -0.2) is 9.97 Å². The van der Waals surface area contributed by atoms with E-state index in [-0.39, 0.29) is 0 Å². The summed E-state index contributed by atoms with van der Waals surface area (Å²) >= 11 is 0. The highest BCUT2D eigenvalue weighted by molar-refractivity contribution is 5.25. The fourth-order valence-electron chi connectivity index (χ4n) is 1.05. The van der Waals surface area contributed by atoms with Gasteiger partial charge in [-0.2, -0.15) is 0 Å². The summed E-state index contributed by atoms with van der Waals surface area (Å²) in [4.78, 5) is 8.03. The average Bonchev–Trinajstić information content (AvgIpc) is 1.94. The lowest BCUT2D eigenvalue weighted by atomic mass is 10.1. The number of nitrogens with zero attached hydrogens (tertiary/aromatic N) is 2. The fraction of sp³-hybridized carbons (Fsp3) is 0.500. The van der Waals surface area contributed by atoms with Crippen LogP contribution >= 0.6 is 0 Å². The molecule has 11 heavy (non-hydrogen) atoms. The highest BCUT2D eigenvalue weighted by atomic mass is 15.0. The van der Waals surface area contributed by atoms with Crippen molar-refractivity contribution in [1.29, 1.82) is 0 Å². The van der Waals surface area contributed by atoms with Gasteiger partial charge in [0.2, 0.25) is 5.95 Å². The van der Waals surface area contributed by atoms with Crippen LogP contribution in [0.5, 0.6) is 0 Å². The Kier molecular flexibility index (Phi) is 2.08. The van der Waals surface area contributed by atoms with Gasteiger partial charge in [0.1, 0.15) is 0 Å². The van der Waals surface area contributed by atoms with Crippen molar-refractivity contribution in [2.75, 3.05) is 5.73 Å². The van der Waals surface area contributed by atoms with E-state index in [0.29, 0.717) is 11.9 Å². The lowest BCUT2D eigenvalue weighted by Gasteiger charge is -2.07. The molecule has 1 aromatic heterocycles. The molecule has 1 heterocycles. The van der Waals surface area contributed by atoms with Gasteiger partial charge in [-0.15, -0.1) is 0 Å². The third-order valence-corrected chi connectivity index (χ3v) is 1.58. The van der Waals surface area contributed by atoms with Crippen molar-refractivity contribution < 1.29 is 0 Å². The molecule has 0 spiro atoms. The molecular formula is C8H13N3. The molecular weight excluding hydrogens is 138 g/mol. The Bertz CT molecular complexity index is 256. The van der Waals surface area contributed by atoms with E-state index in [1.54, 1.807) is 6.20 Å². The minimum Gasteiger partial charge on any atom is -0.368 e. The van der Waals surface area contributed by atoms with E-state index in [2.05, 4.69) is 23.8 Å². The second-order valence-corrected chi connectivity index (χ2v) is 2.95. The number of hydrogen-bond acceptors (Lipinski definition) is 3. The van der Waals surface area contributed by atoms with Gasteiger partial charge in [-0.3, -0.25) is 0 Å². The Morgan fingerprint density at radius 3 is 2.55 bits per heavy atom. The third kappa shape index (κ3) is 1.67. The van der Waals surface area contributed by atoms with Gasteiger partial charge in [-0.1, -0.05) is 13.8 Å². The van der Waals surface area contributed by atoms with Crippen molar-refractivity contribution in [3.63, 3.8) is 0 Å². The molecule has 0 unspecified atom stereocenters. The lowest BCUT2D eigenvalue weighted by molar-refractivity contribution is 0.805. The molecule has 0 atom stereocenters. The van der Waals surface area contributed by atoms with Crippen molar-refractivity contribution in [2.24, 2.45) is 0 Å². The summed E-state index contributed by atoms with van der Waals surface area (Å²) in [6, 6.07) is 0. The Balaban J connectivity index is 3.13. The van der Waals surface area contributed by atoms with Crippen LogP contribution in [0.25, 0.3) is 0 Å². The van der Waals surface area contributed by atoms with E-state index >= 15 is 0 Å². The summed E-state index contributed by atoms with van der Waals surface area (Å²) in [6.07, 6.45) is 1.76. The van der Waals surface area contributed by atoms with Gasteiger partial charge in [-0.05, 0) is 18.4 Å². The van der Waals surface area contributed by atoms with Gasteiger partial charge < -0.3 is 5.73 Å². The van der Waals surface area contributed by atoms with Gasteiger partial charge in [0.15, 0.2) is 0 Å². The first-order valence-corrected chi connectivity index (χ1v) is 3.70. The number of nitrogen functional groups attached to an aromatic ring is 1. The molecule has 0 amide bonds. The van der Waals surface area contributed by atoms with Crippen LogP contribution in [-0.4, -0.2) is 9.97 Å². The van der Waals surface area contributed by atoms with Gasteiger partial charge in [0.05, 0.1) is 5.69 Å². The number of hydrogen-bond donors (Lipinski definition) is 1. The highest BCUT2D eigenvalue weighted by Gasteiger charge is 2.04. The van der Waals surface area contributed by atoms with E-state index in [4.69, 9.17) is 5.73 Å². The summed E-state index contributed by atoms with van der Waals surface area (Å²) in [6.45, 7) is 6.18. The molecule has 1 aromatic rings. The van der Waals surface area contributed by atoms with E-state index in [0.717, 1.165) is 11.3 Å². The molecule has 0 saturated carbocycles. The Labute approximate surface area is 66.7 Å². The largest absolute Gasteiger partial charge is 0.368 e. The summed E-state index contributed by atoms with van der Waals surface area (Å²) < 4.78 is 0. The Morgan fingerprint density at radius 2 is 2.09 bits per heavy atom. The number of nitrogens with two attached hydrogens (primary N) is 1. The minimum absolute atomic E-state index is 0.360. The molecule has 0 aromatic carbocycles. The van der Waals surface area contributed by atoms with Gasteiger partial charge >= 0.3 is 0 Å². The van der Waals surface area contributed by atoms with Crippen LogP contribution in [-0.2, 0) is 0 Å². The van der Waals surface area contributed by atoms with Crippen molar-refractivity contribution in [3.8, 4) is 0 Å². The van der Waals surface area contributed by atoms with Crippen molar-refractivity contribution in [2.45, 2.75) is 26.7 Å². The monoisotopic (exact) mass is 151 g/mol. The van der Waals surface area contributed by atoms with Crippen LogP contribution in [0.1, 0.15) is 31.0 Å². The number of aromatic nitrogens is 2. The second-order valence-electron chi connectivity index (χ2n) is 2.95. The van der Waals surface area contributed by atoms with Crippen LogP contribution in [0.15, 0.2) is 6.20 Å². The normalized spacial score (nSPS) is 10.5. The van der Waals surface area contributed by atoms with Crippen molar-refractivity contribution >= 4 is 5.95 Å². The number of rotatable bonds is 1. The molecule has 2 N–H and O–H groups in total. The van der Waals surface area contributed by atoms with E-state index in [1.807, 2.05) is 6.92 Å². The Hall–Kier alpha value is -1.12. The molecule has 0 radical (unpaired) electrons. The molecule has 0 aliphatic rings. The van der Waals surface area contributed by atoms with E-state index in [1.165, 1.54) is 0 Å². The van der Waals surface area contributed by atoms with E-state index < -0.39 is 0 Å². The predicted molar refractivity (Wildman–Crippen MR) is 45.3 cm³/mol. The molecule has 0 bridgehead atoms. The second kappa shape index (κ2) is 2.86. The van der Waals surface area contributed by atoms with Crippen LogP contribution in [0.3, 0.4) is 0 Å². The molecule has 3 heteroatoms. The zero-order valence-electron chi connectivity index (χ0n) is 7.13. The first-order chi connectivity index (χ1) is 5.11. The topological polar surface area (TPSA) is 51.8 Å². The van der Waals surface area contributed by atoms with Crippen LogP contribution in [0.4, 0.5) is 5.95 Å². The first-order valence-electron chi connectivity index (χ1n) is 3.70. The summed E-state index contributed by atoms with van der Waals surface area (Å²) in [5.41, 5.74) is 7.59. The maximum Gasteiger partial charge on any atom is 0.220 e. The summed E-state index contributed by atoms with van der Waals surface area (Å²) in [7, 11) is 0. The third-order valence-electron chi connectivity index (χ3n) is 1.58. The summed E-state index contributed by atoms with van der Waals surface area (Å²) in [5.74, 6) is 0.777. The Morgan fingerprint density at radius 1 is 1.45 bits per heavy atom. The maximum absolute atomic E-state index is 5.44. The molecule has 0 aliphatic carbocycles. The standard InChI is InChI=1S/C8H13N3/c1-5(2)7-6(3)4-10-8(9)11-7/h4-5H,1-3H3,(H2,9,10,11).